The van der Waals surface area contributed by atoms with Crippen LogP contribution in [0, 0.1) is 13.8 Å². The molecule has 0 atom stereocenters. The van der Waals surface area contributed by atoms with Gasteiger partial charge in [0, 0.05) is 48.5 Å². The van der Waals surface area contributed by atoms with E-state index >= 15 is 0 Å². The van der Waals surface area contributed by atoms with Gasteiger partial charge in [0.05, 0.1) is 11.3 Å². The van der Waals surface area contributed by atoms with E-state index in [0.29, 0.717) is 36.8 Å². The van der Waals surface area contributed by atoms with Crippen LogP contribution in [0.15, 0.2) is 35.2 Å². The molecule has 0 spiro atoms. The van der Waals surface area contributed by atoms with E-state index in [2.05, 4.69) is 5.32 Å². The third-order valence-electron chi connectivity index (χ3n) is 4.83. The van der Waals surface area contributed by atoms with Crippen molar-refractivity contribution >= 4 is 38.9 Å². The van der Waals surface area contributed by atoms with Crippen molar-refractivity contribution in [3.63, 3.8) is 0 Å². The number of rotatable bonds is 5. The molecule has 1 N–H and O–H groups in total. The van der Waals surface area contributed by atoms with Gasteiger partial charge >= 0.3 is 0 Å². The van der Waals surface area contributed by atoms with Crippen molar-refractivity contribution in [3.05, 3.63) is 45.6 Å². The first-order valence-electron chi connectivity index (χ1n) is 9.38. The maximum absolute atomic E-state index is 12.9. The lowest BCUT2D eigenvalue weighted by Gasteiger charge is -2.34. The Labute approximate surface area is 175 Å². The molecule has 1 aromatic carbocycles. The van der Waals surface area contributed by atoms with Crippen molar-refractivity contribution in [1.82, 2.24) is 9.21 Å². The van der Waals surface area contributed by atoms with Crippen molar-refractivity contribution in [2.24, 2.45) is 0 Å². The molecule has 9 heteroatoms. The smallest absolute Gasteiger partial charge is 0.244 e. The second-order valence-corrected chi connectivity index (χ2v) is 10.5. The Kier molecular flexibility index (Phi) is 6.40. The van der Waals surface area contributed by atoms with Crippen LogP contribution in [0.5, 0.6) is 0 Å². The van der Waals surface area contributed by atoms with Crippen molar-refractivity contribution < 1.29 is 18.0 Å². The molecule has 0 unspecified atom stereocenters. The molecule has 1 aliphatic heterocycles. The molecule has 156 valence electrons. The number of carbonyl (C=O) groups is 2. The number of sulfonamides is 1. The molecule has 7 nitrogen and oxygen atoms in total. The number of nitrogens with zero attached hydrogens (tertiary/aromatic N) is 2. The Balaban J connectivity index is 1.58. The fraction of sp³-hybridized carbons (Fsp3) is 0.400. The molecule has 0 radical (unpaired) electrons. The van der Waals surface area contributed by atoms with E-state index < -0.39 is 10.0 Å². The van der Waals surface area contributed by atoms with E-state index in [0.717, 1.165) is 15.3 Å². The fourth-order valence-electron chi connectivity index (χ4n) is 3.38. The van der Waals surface area contributed by atoms with E-state index in [9.17, 15) is 18.0 Å². The van der Waals surface area contributed by atoms with Gasteiger partial charge in [0.1, 0.15) is 0 Å². The number of amides is 2. The number of benzene rings is 1. The molecule has 0 aliphatic carbocycles. The van der Waals surface area contributed by atoms with Crippen molar-refractivity contribution in [2.45, 2.75) is 32.1 Å². The van der Waals surface area contributed by atoms with E-state index in [-0.39, 0.29) is 18.2 Å². The normalized spacial score (nSPS) is 15.3. The number of carbonyl (C=O) groups excluding carboxylic acids is 2. The van der Waals surface area contributed by atoms with Gasteiger partial charge in [0.25, 0.3) is 0 Å². The summed E-state index contributed by atoms with van der Waals surface area (Å²) in [6.07, 6.45) is 0.246. The number of thiophene rings is 1. The number of hydrogen-bond acceptors (Lipinski definition) is 5. The molecular weight excluding hydrogens is 410 g/mol. The third kappa shape index (κ3) is 5.04. The van der Waals surface area contributed by atoms with E-state index in [4.69, 9.17) is 0 Å². The van der Waals surface area contributed by atoms with Crippen molar-refractivity contribution in [3.8, 4) is 0 Å². The molecular formula is C20H25N3O4S2. The zero-order valence-corrected chi connectivity index (χ0v) is 18.4. The standard InChI is InChI=1S/C20H25N3O4S2/c1-14-12-19(15(2)28-14)29(26,27)23-10-8-22(9-11-23)20(25)13-17-4-6-18(7-5-17)21-16(3)24/h4-7,12H,8-11,13H2,1-3H3,(H,21,24). The predicted molar refractivity (Wildman–Crippen MR) is 114 cm³/mol. The van der Waals surface area contributed by atoms with E-state index in [1.165, 1.54) is 22.6 Å². The summed E-state index contributed by atoms with van der Waals surface area (Å²) in [5.74, 6) is -0.175. The highest BCUT2D eigenvalue weighted by Gasteiger charge is 2.31. The van der Waals surface area contributed by atoms with E-state index in [1.807, 2.05) is 26.0 Å². The number of nitrogens with one attached hydrogen (secondary N) is 1. The molecule has 3 rings (SSSR count). The quantitative estimate of drug-likeness (QED) is 0.781. The van der Waals surface area contributed by atoms with Gasteiger partial charge in [0.15, 0.2) is 0 Å². The van der Waals surface area contributed by atoms with Crippen molar-refractivity contribution in [1.29, 1.82) is 0 Å². The van der Waals surface area contributed by atoms with Crippen LogP contribution < -0.4 is 5.32 Å². The molecule has 1 fully saturated rings. The maximum Gasteiger partial charge on any atom is 0.244 e. The fourth-order valence-corrected chi connectivity index (χ4v) is 6.32. The largest absolute Gasteiger partial charge is 0.340 e. The Morgan fingerprint density at radius 1 is 1.07 bits per heavy atom. The SMILES string of the molecule is CC(=O)Nc1ccc(CC(=O)N2CCN(S(=O)(=O)c3cc(C)sc3C)CC2)cc1. The maximum atomic E-state index is 12.9. The minimum atomic E-state index is -3.52. The average molecular weight is 436 g/mol. The summed E-state index contributed by atoms with van der Waals surface area (Å²) in [7, 11) is -3.52. The van der Waals surface area contributed by atoms with Gasteiger partial charge in [0.2, 0.25) is 21.8 Å². The summed E-state index contributed by atoms with van der Waals surface area (Å²) in [5, 5.41) is 2.69. The highest BCUT2D eigenvalue weighted by molar-refractivity contribution is 7.89. The van der Waals surface area contributed by atoms with Gasteiger partial charge in [-0.15, -0.1) is 11.3 Å². The van der Waals surface area contributed by atoms with Crippen LogP contribution >= 0.6 is 11.3 Å². The number of piperazine rings is 1. The van der Waals surface area contributed by atoms with Gasteiger partial charge in [-0.3, -0.25) is 9.59 Å². The first kappa shape index (κ1) is 21.5. The van der Waals surface area contributed by atoms with Gasteiger partial charge in [-0.1, -0.05) is 12.1 Å². The predicted octanol–water partition coefficient (Wildman–Crippen LogP) is 2.40. The minimum absolute atomic E-state index is 0.0307. The number of hydrogen-bond donors (Lipinski definition) is 1. The number of anilines is 1. The lowest BCUT2D eigenvalue weighted by atomic mass is 10.1. The van der Waals surface area contributed by atoms with Crippen LogP contribution in [0.1, 0.15) is 22.2 Å². The van der Waals surface area contributed by atoms with Gasteiger partial charge in [-0.05, 0) is 37.6 Å². The molecule has 2 aromatic rings. The molecule has 0 bridgehead atoms. The zero-order chi connectivity index (χ0) is 21.2. The topological polar surface area (TPSA) is 86.8 Å². The highest BCUT2D eigenvalue weighted by Crippen LogP contribution is 2.28. The van der Waals surface area contributed by atoms with Gasteiger partial charge in [-0.25, -0.2) is 8.42 Å². The molecule has 29 heavy (non-hydrogen) atoms. The lowest BCUT2D eigenvalue weighted by molar-refractivity contribution is -0.131. The van der Waals surface area contributed by atoms with E-state index in [1.54, 1.807) is 23.1 Å². The molecule has 0 saturated carbocycles. The molecule has 1 aliphatic rings. The van der Waals surface area contributed by atoms with Crippen LogP contribution in [-0.4, -0.2) is 55.6 Å². The highest BCUT2D eigenvalue weighted by atomic mass is 32.2. The summed E-state index contributed by atoms with van der Waals surface area (Å²) < 4.78 is 27.3. The summed E-state index contributed by atoms with van der Waals surface area (Å²) in [4.78, 5) is 27.5. The Morgan fingerprint density at radius 3 is 2.21 bits per heavy atom. The summed E-state index contributed by atoms with van der Waals surface area (Å²) >= 11 is 1.48. The van der Waals surface area contributed by atoms with Gasteiger partial charge in [-0.2, -0.15) is 4.31 Å². The summed E-state index contributed by atoms with van der Waals surface area (Å²) in [6, 6.07) is 8.87. The average Bonchev–Trinajstić information content (AvgIpc) is 3.02. The first-order valence-corrected chi connectivity index (χ1v) is 11.6. The van der Waals surface area contributed by atoms with Crippen molar-refractivity contribution in [2.75, 3.05) is 31.5 Å². The third-order valence-corrected chi connectivity index (χ3v) is 7.95. The molecule has 1 saturated heterocycles. The monoisotopic (exact) mass is 435 g/mol. The first-order chi connectivity index (χ1) is 13.7. The second-order valence-electron chi connectivity index (χ2n) is 7.12. The molecule has 2 heterocycles. The number of aryl methyl sites for hydroxylation is 2. The van der Waals surface area contributed by atoms with Crippen LogP contribution in [0.4, 0.5) is 5.69 Å². The van der Waals surface area contributed by atoms with Crippen LogP contribution in [0.2, 0.25) is 0 Å². The second kappa shape index (κ2) is 8.64. The van der Waals surface area contributed by atoms with Crippen LogP contribution in [0.25, 0.3) is 0 Å². The minimum Gasteiger partial charge on any atom is -0.340 e. The van der Waals surface area contributed by atoms with Crippen LogP contribution in [-0.2, 0) is 26.0 Å². The summed E-state index contributed by atoms with van der Waals surface area (Å²) in [5.41, 5.74) is 1.54. The molecule has 2 amide bonds. The summed E-state index contributed by atoms with van der Waals surface area (Å²) in [6.45, 7) is 6.51. The Morgan fingerprint density at radius 2 is 1.69 bits per heavy atom. The van der Waals surface area contributed by atoms with Crippen LogP contribution in [0.3, 0.4) is 0 Å². The molecule has 1 aromatic heterocycles. The Hall–Kier alpha value is -2.23. The Bertz CT molecular complexity index is 1000. The van der Waals surface area contributed by atoms with Gasteiger partial charge < -0.3 is 10.2 Å². The lowest BCUT2D eigenvalue weighted by Crippen LogP contribution is -2.50. The zero-order valence-electron chi connectivity index (χ0n) is 16.8.